The number of hydrogen-bond acceptors (Lipinski definition) is 5. The fourth-order valence-electron chi connectivity index (χ4n) is 5.46. The molecule has 0 radical (unpaired) electrons. The highest BCUT2D eigenvalue weighted by atomic mass is 79.9. The number of fused-ring (bicyclic) bond motifs is 1. The molecule has 9 heteroatoms. The summed E-state index contributed by atoms with van der Waals surface area (Å²) in [5.41, 5.74) is 1.82. The van der Waals surface area contributed by atoms with E-state index in [9.17, 15) is 23.1 Å². The van der Waals surface area contributed by atoms with Gasteiger partial charge in [0.15, 0.2) is 15.5 Å². The molecule has 2 aromatic carbocycles. The Bertz CT molecular complexity index is 1350. The summed E-state index contributed by atoms with van der Waals surface area (Å²) >= 11 is 3.49. The van der Waals surface area contributed by atoms with Crippen LogP contribution in [0.15, 0.2) is 53.1 Å². The molecule has 1 saturated heterocycles. The van der Waals surface area contributed by atoms with Crippen molar-refractivity contribution in [2.45, 2.75) is 51.3 Å². The number of nitrogens with zero attached hydrogens (tertiary/aromatic N) is 1. The number of esters is 1. The van der Waals surface area contributed by atoms with E-state index in [0.29, 0.717) is 28.6 Å². The van der Waals surface area contributed by atoms with Crippen molar-refractivity contribution >= 4 is 49.1 Å². The Kier molecular flexibility index (Phi) is 6.96. The maximum Gasteiger partial charge on any atom is 0.524 e. The van der Waals surface area contributed by atoms with Crippen molar-refractivity contribution in [1.29, 1.82) is 0 Å². The number of ether oxygens (including phenoxy) is 1. The van der Waals surface area contributed by atoms with Gasteiger partial charge in [0.2, 0.25) is 0 Å². The number of sulfone groups is 1. The Hall–Kier alpha value is -2.49. The Labute approximate surface area is 220 Å². The van der Waals surface area contributed by atoms with Crippen LogP contribution in [-0.2, 0) is 14.6 Å². The Balaban J connectivity index is 1.94. The predicted molar refractivity (Wildman–Crippen MR) is 143 cm³/mol. The molecule has 1 N–H and O–H groups in total. The average molecular weight is 578 g/mol. The van der Waals surface area contributed by atoms with Gasteiger partial charge in [-0.2, -0.15) is 9.28 Å². The molecule has 0 bridgehead atoms. The van der Waals surface area contributed by atoms with Crippen LogP contribution in [0.25, 0.3) is 5.57 Å². The van der Waals surface area contributed by atoms with Crippen LogP contribution in [-0.4, -0.2) is 43.5 Å². The van der Waals surface area contributed by atoms with Crippen molar-refractivity contribution in [3.05, 3.63) is 69.8 Å². The second-order valence-corrected chi connectivity index (χ2v) is 13.5. The number of amides is 1. The van der Waals surface area contributed by atoms with Crippen LogP contribution < -0.4 is 4.48 Å². The molecule has 0 saturated carbocycles. The second kappa shape index (κ2) is 9.43. The Morgan fingerprint density at radius 1 is 1.17 bits per heavy atom. The molecule has 3 atom stereocenters. The molecule has 2 aromatic rings. The van der Waals surface area contributed by atoms with Gasteiger partial charge in [-0.3, -0.25) is 0 Å². The molecule has 3 unspecified atom stereocenters. The number of allylic oxidation sites excluding steroid dienone is 1. The van der Waals surface area contributed by atoms with E-state index < -0.39 is 37.2 Å². The van der Waals surface area contributed by atoms with Gasteiger partial charge in [-0.25, -0.2) is 13.2 Å². The number of carboxylic acid groups (broad SMARTS) is 1. The summed E-state index contributed by atoms with van der Waals surface area (Å²) < 4.78 is 31.5. The SMILES string of the molecule is CCOC(=O)c1cc(Br)cc2c1[N+](C(=O)O)(C(C)(C)C)C=C2C1CCS(=O)(=O)C(c2ccccc2)C1. The summed E-state index contributed by atoms with van der Waals surface area (Å²) in [6.07, 6.45) is 1.31. The third kappa shape index (κ3) is 4.31. The minimum Gasteiger partial charge on any atom is -0.462 e. The zero-order valence-corrected chi connectivity index (χ0v) is 23.2. The van der Waals surface area contributed by atoms with Gasteiger partial charge >= 0.3 is 12.1 Å². The number of hydrogen-bond donors (Lipinski definition) is 1. The zero-order chi connectivity index (χ0) is 26.5. The molecule has 2 aliphatic heterocycles. The number of rotatable bonds is 4. The van der Waals surface area contributed by atoms with Gasteiger partial charge in [0, 0.05) is 15.6 Å². The van der Waals surface area contributed by atoms with Crippen LogP contribution in [0.5, 0.6) is 0 Å². The van der Waals surface area contributed by atoms with Gasteiger partial charge in [-0.15, -0.1) is 0 Å². The van der Waals surface area contributed by atoms with Crippen molar-refractivity contribution in [3.63, 3.8) is 0 Å². The third-order valence-corrected chi connectivity index (χ3v) is 9.81. The van der Waals surface area contributed by atoms with Gasteiger partial charge in [0.1, 0.15) is 17.3 Å². The summed E-state index contributed by atoms with van der Waals surface area (Å²) in [5.74, 6) is -0.791. The summed E-state index contributed by atoms with van der Waals surface area (Å²) in [7, 11) is -3.36. The summed E-state index contributed by atoms with van der Waals surface area (Å²) in [6, 6.07) is 12.6. The zero-order valence-electron chi connectivity index (χ0n) is 20.8. The molecule has 4 rings (SSSR count). The quantitative estimate of drug-likeness (QED) is 0.337. The lowest BCUT2D eigenvalue weighted by Gasteiger charge is -2.39. The largest absolute Gasteiger partial charge is 0.524 e. The minimum atomic E-state index is -3.36. The first kappa shape index (κ1) is 26.6. The van der Waals surface area contributed by atoms with Crippen LogP contribution in [0, 0.1) is 5.92 Å². The highest BCUT2D eigenvalue weighted by Gasteiger charge is 2.57. The molecular weight excluding hydrogens is 546 g/mol. The highest BCUT2D eigenvalue weighted by Crippen LogP contribution is 2.54. The number of carbonyl (C=O) groups is 2. The normalized spacial score (nSPS) is 25.1. The van der Waals surface area contributed by atoms with Gasteiger partial charge in [-0.1, -0.05) is 46.3 Å². The van der Waals surface area contributed by atoms with Crippen molar-refractivity contribution in [1.82, 2.24) is 4.48 Å². The standard InChI is InChI=1S/C27H30BrNO6S/c1-5-35-25(30)21-15-19(28)14-20-22(16-29(24(20)21,26(31)32)27(2,3)4)18-11-12-36(33,34)23(13-18)17-9-7-6-8-10-17/h6-10,14-16,18,23H,5,11-13H2,1-4H3/p+1. The second-order valence-electron chi connectivity index (χ2n) is 10.3. The molecule has 0 aromatic heterocycles. The lowest BCUT2D eigenvalue weighted by molar-refractivity contribution is 0.0523. The lowest BCUT2D eigenvalue weighted by Crippen LogP contribution is -2.60. The van der Waals surface area contributed by atoms with Crippen molar-refractivity contribution < 1.29 is 27.9 Å². The molecule has 192 valence electrons. The first-order chi connectivity index (χ1) is 16.8. The van der Waals surface area contributed by atoms with E-state index in [2.05, 4.69) is 15.9 Å². The average Bonchev–Trinajstić information content (AvgIpc) is 3.15. The topological polar surface area (TPSA) is 97.7 Å². The first-order valence-electron chi connectivity index (χ1n) is 12.0. The van der Waals surface area contributed by atoms with Crippen LogP contribution in [0.3, 0.4) is 0 Å². The minimum absolute atomic E-state index is 0.00519. The van der Waals surface area contributed by atoms with Crippen LogP contribution in [0.1, 0.15) is 67.3 Å². The summed E-state index contributed by atoms with van der Waals surface area (Å²) in [4.78, 5) is 26.1. The van der Waals surface area contributed by atoms with E-state index in [1.807, 2.05) is 57.2 Å². The number of benzene rings is 2. The predicted octanol–water partition coefficient (Wildman–Crippen LogP) is 6.33. The molecule has 1 fully saturated rings. The molecular formula is C27H31BrNO6S+. The number of quaternary nitrogens is 1. The molecule has 2 heterocycles. The Morgan fingerprint density at radius 2 is 1.83 bits per heavy atom. The van der Waals surface area contributed by atoms with Gasteiger partial charge in [0.05, 0.1) is 17.6 Å². The molecule has 2 aliphatic rings. The molecule has 7 nitrogen and oxygen atoms in total. The summed E-state index contributed by atoms with van der Waals surface area (Å²) in [6.45, 7) is 7.32. The van der Waals surface area contributed by atoms with Gasteiger partial charge < -0.3 is 9.84 Å². The van der Waals surface area contributed by atoms with Crippen molar-refractivity contribution in [2.24, 2.45) is 5.92 Å². The van der Waals surface area contributed by atoms with Crippen LogP contribution in [0.4, 0.5) is 10.5 Å². The molecule has 0 spiro atoms. The van der Waals surface area contributed by atoms with Crippen LogP contribution in [0.2, 0.25) is 0 Å². The van der Waals surface area contributed by atoms with Gasteiger partial charge in [-0.05, 0) is 64.2 Å². The first-order valence-corrected chi connectivity index (χ1v) is 14.5. The molecule has 36 heavy (non-hydrogen) atoms. The summed E-state index contributed by atoms with van der Waals surface area (Å²) in [5, 5.41) is 9.97. The van der Waals surface area contributed by atoms with Crippen molar-refractivity contribution in [3.8, 4) is 0 Å². The van der Waals surface area contributed by atoms with E-state index in [1.165, 1.54) is 0 Å². The maximum atomic E-state index is 13.1. The van der Waals surface area contributed by atoms with E-state index in [1.54, 1.807) is 19.2 Å². The monoisotopic (exact) mass is 576 g/mol. The van der Waals surface area contributed by atoms with E-state index >= 15 is 0 Å². The Morgan fingerprint density at radius 3 is 2.42 bits per heavy atom. The molecule has 1 amide bonds. The third-order valence-electron chi connectivity index (χ3n) is 7.22. The number of carbonyl (C=O) groups excluding carboxylic acids is 1. The van der Waals surface area contributed by atoms with Gasteiger partial charge in [0.25, 0.3) is 0 Å². The van der Waals surface area contributed by atoms with E-state index in [4.69, 9.17) is 4.74 Å². The smallest absolute Gasteiger partial charge is 0.462 e. The van der Waals surface area contributed by atoms with E-state index in [-0.39, 0.29) is 23.8 Å². The lowest BCUT2D eigenvalue weighted by atomic mass is 9.85. The van der Waals surface area contributed by atoms with Crippen molar-refractivity contribution in [2.75, 3.05) is 12.4 Å². The molecule has 0 aliphatic carbocycles. The highest BCUT2D eigenvalue weighted by molar-refractivity contribution is 9.10. The maximum absolute atomic E-state index is 13.1. The number of halogens is 1. The fourth-order valence-corrected chi connectivity index (χ4v) is 7.92. The fraction of sp³-hybridized carbons (Fsp3) is 0.407. The van der Waals surface area contributed by atoms with E-state index in [0.717, 1.165) is 11.1 Å². The van der Waals surface area contributed by atoms with Crippen LogP contribution >= 0.6 is 15.9 Å².